The summed E-state index contributed by atoms with van der Waals surface area (Å²) in [6, 6.07) is 23.3. The highest BCUT2D eigenvalue weighted by atomic mass is 35.5. The number of benzene rings is 3. The SMILES string of the molecule is CCCCN.Cc1ccc(C2=CC(=O)NC3=C(c4ccc(Cl)cc4)C(Cc4ccccc4)N(C)N23)c(OC(=O)CN)c1. The Morgan fingerprint density at radius 2 is 1.76 bits per heavy atom. The molecule has 2 aliphatic heterocycles. The maximum atomic E-state index is 13.0. The third-order valence-corrected chi connectivity index (χ3v) is 7.34. The van der Waals surface area contributed by atoms with Crippen molar-refractivity contribution in [1.82, 2.24) is 15.3 Å². The number of nitrogens with two attached hydrogens (primary N) is 2. The second kappa shape index (κ2) is 14.3. The number of rotatable bonds is 8. The minimum absolute atomic E-state index is 0.0964. The molecule has 0 saturated heterocycles. The van der Waals surface area contributed by atoms with Gasteiger partial charge < -0.3 is 21.5 Å². The van der Waals surface area contributed by atoms with E-state index in [0.29, 0.717) is 34.3 Å². The average molecular weight is 588 g/mol. The zero-order valence-corrected chi connectivity index (χ0v) is 25.0. The van der Waals surface area contributed by atoms with Gasteiger partial charge in [0.15, 0.2) is 0 Å². The molecule has 0 bridgehead atoms. The standard InChI is InChI=1S/C29H27ClN4O3.C4H11N/c1-18-8-13-22(25(14-18)37-27(36)17-31)23-16-26(35)32-29-28(20-9-11-21(30)12-10-20)24(33(2)34(23)29)15-19-6-4-3-5-7-19;1-2-3-4-5/h3-14,16,24H,15,17,31H2,1-2H3,(H,32,35);2-5H2,1H3. The van der Waals surface area contributed by atoms with E-state index in [-0.39, 0.29) is 18.5 Å². The number of likely N-dealkylation sites (N-methyl/N-ethyl adjacent to an activating group) is 1. The van der Waals surface area contributed by atoms with Crippen LogP contribution >= 0.6 is 11.6 Å². The first-order chi connectivity index (χ1) is 20.3. The van der Waals surface area contributed by atoms with Gasteiger partial charge in [-0.2, -0.15) is 0 Å². The summed E-state index contributed by atoms with van der Waals surface area (Å²) in [5.41, 5.74) is 15.9. The Balaban J connectivity index is 0.000000748. The van der Waals surface area contributed by atoms with E-state index in [1.807, 2.05) is 73.6 Å². The van der Waals surface area contributed by atoms with Crippen LogP contribution in [0, 0.1) is 6.92 Å². The minimum Gasteiger partial charge on any atom is -0.425 e. The normalized spacial score (nSPS) is 16.3. The molecule has 1 unspecified atom stereocenters. The summed E-state index contributed by atoms with van der Waals surface area (Å²) in [6.07, 6.45) is 4.62. The molecule has 8 nitrogen and oxygen atoms in total. The quantitative estimate of drug-likeness (QED) is 0.254. The highest BCUT2D eigenvalue weighted by Crippen LogP contribution is 2.43. The maximum Gasteiger partial charge on any atom is 0.325 e. The molecule has 2 aliphatic rings. The van der Waals surface area contributed by atoms with Crippen LogP contribution in [0.2, 0.25) is 5.02 Å². The van der Waals surface area contributed by atoms with Crippen molar-refractivity contribution in [2.45, 2.75) is 39.2 Å². The number of esters is 1. The van der Waals surface area contributed by atoms with Crippen LogP contribution in [0.25, 0.3) is 11.3 Å². The number of carbonyl (C=O) groups is 2. The van der Waals surface area contributed by atoms with Crippen LogP contribution in [-0.2, 0) is 16.0 Å². The second-order valence-corrected chi connectivity index (χ2v) is 10.6. The Morgan fingerprint density at radius 3 is 2.38 bits per heavy atom. The number of ether oxygens (including phenoxy) is 1. The number of hydrogen-bond donors (Lipinski definition) is 3. The highest BCUT2D eigenvalue weighted by molar-refractivity contribution is 6.30. The van der Waals surface area contributed by atoms with Gasteiger partial charge in [-0.1, -0.05) is 73.5 Å². The predicted molar refractivity (Wildman–Crippen MR) is 168 cm³/mol. The molecule has 0 saturated carbocycles. The number of nitrogens with one attached hydrogen (secondary N) is 1. The summed E-state index contributed by atoms with van der Waals surface area (Å²) in [7, 11) is 1.99. The van der Waals surface area contributed by atoms with Gasteiger partial charge in [0.1, 0.15) is 11.6 Å². The maximum absolute atomic E-state index is 13.0. The van der Waals surface area contributed by atoms with E-state index >= 15 is 0 Å². The molecule has 3 aromatic rings. The topological polar surface area (TPSA) is 114 Å². The van der Waals surface area contributed by atoms with Crippen molar-refractivity contribution < 1.29 is 14.3 Å². The Morgan fingerprint density at radius 1 is 1.05 bits per heavy atom. The van der Waals surface area contributed by atoms with Crippen molar-refractivity contribution in [3.63, 3.8) is 0 Å². The lowest BCUT2D eigenvalue weighted by Crippen LogP contribution is -2.45. The van der Waals surface area contributed by atoms with Gasteiger partial charge in [-0.25, -0.2) is 5.01 Å². The molecule has 0 aliphatic carbocycles. The fourth-order valence-electron chi connectivity index (χ4n) is 5.02. The van der Waals surface area contributed by atoms with Crippen LogP contribution in [0.5, 0.6) is 5.75 Å². The summed E-state index contributed by atoms with van der Waals surface area (Å²) in [6.45, 7) is 4.64. The molecule has 9 heteroatoms. The molecule has 5 N–H and O–H groups in total. The first kappa shape index (κ1) is 31.0. The molecule has 3 aromatic carbocycles. The number of carbonyl (C=O) groups excluding carboxylic acids is 2. The highest BCUT2D eigenvalue weighted by Gasteiger charge is 2.42. The van der Waals surface area contributed by atoms with Crippen molar-refractivity contribution in [3.05, 3.63) is 112 Å². The van der Waals surface area contributed by atoms with Gasteiger partial charge in [-0.05, 0) is 67.3 Å². The first-order valence-corrected chi connectivity index (χ1v) is 14.5. The van der Waals surface area contributed by atoms with Crippen LogP contribution in [0.15, 0.2) is 84.7 Å². The molecule has 0 spiro atoms. The summed E-state index contributed by atoms with van der Waals surface area (Å²) >= 11 is 6.19. The monoisotopic (exact) mass is 587 g/mol. The number of aryl methyl sites for hydroxylation is 1. The number of hydrogen-bond acceptors (Lipinski definition) is 7. The van der Waals surface area contributed by atoms with Crippen LogP contribution < -0.4 is 21.5 Å². The Hall–Kier alpha value is -3.95. The Bertz CT molecular complexity index is 1470. The third kappa shape index (κ3) is 7.09. The van der Waals surface area contributed by atoms with Gasteiger partial charge in [0.25, 0.3) is 5.91 Å². The van der Waals surface area contributed by atoms with Gasteiger partial charge in [0.2, 0.25) is 0 Å². The molecule has 42 heavy (non-hydrogen) atoms. The number of halogens is 1. The minimum atomic E-state index is -0.554. The first-order valence-electron chi connectivity index (χ1n) is 14.1. The molecule has 0 radical (unpaired) electrons. The van der Waals surface area contributed by atoms with Gasteiger partial charge in [-0.15, -0.1) is 0 Å². The van der Waals surface area contributed by atoms with Crippen LogP contribution in [-0.4, -0.2) is 48.1 Å². The smallest absolute Gasteiger partial charge is 0.325 e. The molecule has 0 fully saturated rings. The zero-order valence-electron chi connectivity index (χ0n) is 24.3. The lowest BCUT2D eigenvalue weighted by atomic mass is 9.93. The Labute approximate surface area is 252 Å². The van der Waals surface area contributed by atoms with Gasteiger partial charge in [0.05, 0.1) is 18.3 Å². The van der Waals surface area contributed by atoms with Crippen molar-refractivity contribution in [2.75, 3.05) is 20.1 Å². The lowest BCUT2D eigenvalue weighted by Gasteiger charge is -2.36. The summed E-state index contributed by atoms with van der Waals surface area (Å²) in [4.78, 5) is 25.1. The number of amides is 1. The van der Waals surface area contributed by atoms with E-state index in [9.17, 15) is 9.59 Å². The Kier molecular flexibility index (Phi) is 10.5. The van der Waals surface area contributed by atoms with Gasteiger partial charge in [-0.3, -0.25) is 14.6 Å². The van der Waals surface area contributed by atoms with Crippen molar-refractivity contribution in [1.29, 1.82) is 0 Å². The molecule has 220 valence electrons. The molecule has 5 rings (SSSR count). The van der Waals surface area contributed by atoms with E-state index in [4.69, 9.17) is 27.8 Å². The lowest BCUT2D eigenvalue weighted by molar-refractivity contribution is -0.132. The van der Waals surface area contributed by atoms with E-state index in [1.54, 1.807) is 6.07 Å². The second-order valence-electron chi connectivity index (χ2n) is 10.2. The van der Waals surface area contributed by atoms with E-state index in [1.165, 1.54) is 18.9 Å². The fourth-order valence-corrected chi connectivity index (χ4v) is 5.15. The zero-order chi connectivity index (χ0) is 30.2. The van der Waals surface area contributed by atoms with Crippen molar-refractivity contribution in [2.24, 2.45) is 11.5 Å². The molecular weight excluding hydrogens is 550 g/mol. The van der Waals surface area contributed by atoms with E-state index in [2.05, 4.69) is 29.4 Å². The summed E-state index contributed by atoms with van der Waals surface area (Å²) in [5.74, 6) is 0.189. The molecule has 1 amide bonds. The molecular formula is C33H38ClN5O3. The number of fused-ring (bicyclic) bond motifs is 1. The summed E-state index contributed by atoms with van der Waals surface area (Å²) in [5, 5.41) is 7.77. The predicted octanol–water partition coefficient (Wildman–Crippen LogP) is 4.87. The van der Waals surface area contributed by atoms with Crippen molar-refractivity contribution >= 4 is 34.7 Å². The van der Waals surface area contributed by atoms with Crippen LogP contribution in [0.3, 0.4) is 0 Å². The van der Waals surface area contributed by atoms with Crippen molar-refractivity contribution in [3.8, 4) is 5.75 Å². The average Bonchev–Trinajstić information content (AvgIpc) is 3.25. The van der Waals surface area contributed by atoms with Gasteiger partial charge >= 0.3 is 5.97 Å². The van der Waals surface area contributed by atoms with Gasteiger partial charge in [0, 0.05) is 29.3 Å². The fraction of sp³-hybridized carbons (Fsp3) is 0.273. The third-order valence-electron chi connectivity index (χ3n) is 7.09. The van der Waals surface area contributed by atoms with Crippen LogP contribution in [0.1, 0.15) is 42.0 Å². The number of hydrazine groups is 1. The van der Waals surface area contributed by atoms with E-state index in [0.717, 1.165) is 28.8 Å². The number of nitrogens with zero attached hydrogens (tertiary/aromatic N) is 2. The molecule has 0 aromatic heterocycles. The largest absolute Gasteiger partial charge is 0.425 e. The molecule has 2 heterocycles. The molecule has 1 atom stereocenters. The summed E-state index contributed by atoms with van der Waals surface area (Å²) < 4.78 is 5.58. The number of unbranched alkanes of at least 4 members (excludes halogenated alkanes) is 1. The van der Waals surface area contributed by atoms with E-state index < -0.39 is 5.97 Å². The van der Waals surface area contributed by atoms with Crippen LogP contribution in [0.4, 0.5) is 0 Å².